The summed E-state index contributed by atoms with van der Waals surface area (Å²) in [5.74, 6) is 0.788. The fourth-order valence-electron chi connectivity index (χ4n) is 2.09. The van der Waals surface area contributed by atoms with Crippen LogP contribution < -0.4 is 5.73 Å². The lowest BCUT2D eigenvalue weighted by Crippen LogP contribution is -2.14. The van der Waals surface area contributed by atoms with Gasteiger partial charge in [-0.3, -0.25) is 4.57 Å². The summed E-state index contributed by atoms with van der Waals surface area (Å²) in [6.45, 7) is 0. The zero-order chi connectivity index (χ0) is 9.68. The average molecular weight is 205 g/mol. The smallest absolute Gasteiger partial charge is 0.189 e. The van der Waals surface area contributed by atoms with Gasteiger partial charge in [0, 0.05) is 12.2 Å². The molecule has 0 aliphatic heterocycles. The molecule has 78 valence electrons. The first-order valence-electron chi connectivity index (χ1n) is 5.16. The van der Waals surface area contributed by atoms with Crippen LogP contribution in [0.3, 0.4) is 0 Å². The summed E-state index contributed by atoms with van der Waals surface area (Å²) in [7, 11) is -2.22. The van der Waals surface area contributed by atoms with Crippen molar-refractivity contribution < 1.29 is 9.46 Å². The Labute approximate surface area is 80.6 Å². The second kappa shape index (κ2) is 5.79. The van der Waals surface area contributed by atoms with E-state index >= 15 is 0 Å². The van der Waals surface area contributed by atoms with E-state index in [0.29, 0.717) is 12.2 Å². The fraction of sp³-hybridized carbons (Fsp3) is 1.00. The van der Waals surface area contributed by atoms with Crippen molar-refractivity contribution in [1.29, 1.82) is 0 Å². The van der Waals surface area contributed by atoms with E-state index in [2.05, 4.69) is 0 Å². The molecule has 1 aliphatic carbocycles. The van der Waals surface area contributed by atoms with Crippen LogP contribution >= 0.6 is 8.03 Å². The minimum absolute atomic E-state index is 0.418. The lowest BCUT2D eigenvalue weighted by Gasteiger charge is -2.07. The van der Waals surface area contributed by atoms with Gasteiger partial charge in [-0.15, -0.1) is 0 Å². The van der Waals surface area contributed by atoms with E-state index in [-0.39, 0.29) is 0 Å². The highest BCUT2D eigenvalue weighted by atomic mass is 31.1. The fourth-order valence-corrected chi connectivity index (χ4v) is 2.64. The molecule has 0 bridgehead atoms. The van der Waals surface area contributed by atoms with Crippen LogP contribution in [-0.4, -0.2) is 17.1 Å². The minimum Gasteiger partial charge on any atom is -0.346 e. The predicted molar refractivity (Wildman–Crippen MR) is 55.3 cm³/mol. The minimum atomic E-state index is -2.22. The molecule has 0 aromatic rings. The van der Waals surface area contributed by atoms with Gasteiger partial charge >= 0.3 is 0 Å². The highest BCUT2D eigenvalue weighted by Gasteiger charge is 2.20. The Kier molecular flexibility index (Phi) is 5.00. The van der Waals surface area contributed by atoms with E-state index in [1.54, 1.807) is 0 Å². The molecule has 3 atom stereocenters. The van der Waals surface area contributed by atoms with E-state index in [9.17, 15) is 4.57 Å². The van der Waals surface area contributed by atoms with Crippen molar-refractivity contribution in [2.75, 3.05) is 6.16 Å². The molecule has 0 amide bonds. The topological polar surface area (TPSA) is 63.3 Å². The molecule has 0 aromatic carbocycles. The number of hydrogen-bond donors (Lipinski definition) is 2. The van der Waals surface area contributed by atoms with E-state index in [0.717, 1.165) is 25.2 Å². The standard InChI is InChI=1S/C9H20NO2P/c10-9-5-4-8(7-9)3-1-2-6-13(11)12/h8-9,13H,1-7,10H2,(H,11,12)/t8-,9+/m0/s1. The Bertz CT molecular complexity index is 175. The zero-order valence-electron chi connectivity index (χ0n) is 8.04. The van der Waals surface area contributed by atoms with Crippen LogP contribution in [0.4, 0.5) is 0 Å². The van der Waals surface area contributed by atoms with Gasteiger partial charge in [-0.05, 0) is 31.6 Å². The molecule has 4 heteroatoms. The normalized spacial score (nSPS) is 30.6. The largest absolute Gasteiger partial charge is 0.346 e. The van der Waals surface area contributed by atoms with E-state index in [4.69, 9.17) is 10.6 Å². The van der Waals surface area contributed by atoms with Crippen LogP contribution in [0.1, 0.15) is 38.5 Å². The number of rotatable bonds is 5. The van der Waals surface area contributed by atoms with E-state index in [1.807, 2.05) is 0 Å². The molecule has 0 radical (unpaired) electrons. The van der Waals surface area contributed by atoms with Gasteiger partial charge < -0.3 is 10.6 Å². The summed E-state index contributed by atoms with van der Waals surface area (Å²) >= 11 is 0. The molecule has 0 saturated heterocycles. The number of unbranched alkanes of at least 4 members (excludes halogenated alkanes) is 1. The summed E-state index contributed by atoms with van der Waals surface area (Å²) in [4.78, 5) is 8.61. The molecule has 3 nitrogen and oxygen atoms in total. The van der Waals surface area contributed by atoms with Crippen molar-refractivity contribution in [3.63, 3.8) is 0 Å². The average Bonchev–Trinajstić information content (AvgIpc) is 2.45. The second-order valence-corrected chi connectivity index (χ2v) is 5.37. The summed E-state index contributed by atoms with van der Waals surface area (Å²) in [6, 6.07) is 0.418. The Hall–Kier alpha value is 0.150. The van der Waals surface area contributed by atoms with E-state index in [1.165, 1.54) is 19.3 Å². The van der Waals surface area contributed by atoms with Crippen molar-refractivity contribution in [2.45, 2.75) is 44.6 Å². The van der Waals surface area contributed by atoms with Gasteiger partial charge in [-0.25, -0.2) is 0 Å². The molecule has 13 heavy (non-hydrogen) atoms. The first-order valence-corrected chi connectivity index (χ1v) is 6.72. The molecule has 3 N–H and O–H groups in total. The first kappa shape index (κ1) is 11.2. The van der Waals surface area contributed by atoms with Crippen LogP contribution in [0.15, 0.2) is 0 Å². The third kappa shape index (κ3) is 4.80. The Morgan fingerprint density at radius 2 is 2.15 bits per heavy atom. The maximum Gasteiger partial charge on any atom is 0.189 e. The summed E-state index contributed by atoms with van der Waals surface area (Å²) in [6.07, 6.45) is 7.28. The molecule has 1 aliphatic rings. The van der Waals surface area contributed by atoms with Gasteiger partial charge in [0.15, 0.2) is 8.03 Å². The van der Waals surface area contributed by atoms with E-state index < -0.39 is 8.03 Å². The highest BCUT2D eigenvalue weighted by molar-refractivity contribution is 7.37. The molecule has 1 unspecified atom stereocenters. The molecule has 0 aromatic heterocycles. The SMILES string of the molecule is N[C@@H]1CC[C@H](CCCC[PH](=O)O)C1. The Morgan fingerprint density at radius 1 is 1.38 bits per heavy atom. The highest BCUT2D eigenvalue weighted by Crippen LogP contribution is 2.29. The van der Waals surface area contributed by atoms with Gasteiger partial charge in [0.05, 0.1) is 0 Å². The van der Waals surface area contributed by atoms with Gasteiger partial charge in [-0.2, -0.15) is 0 Å². The lowest BCUT2D eigenvalue weighted by molar-refractivity contribution is 0.466. The van der Waals surface area contributed by atoms with Crippen molar-refractivity contribution in [3.05, 3.63) is 0 Å². The van der Waals surface area contributed by atoms with Crippen LogP contribution in [0, 0.1) is 5.92 Å². The van der Waals surface area contributed by atoms with Gasteiger partial charge in [0.2, 0.25) is 0 Å². The first-order chi connectivity index (χ1) is 6.18. The van der Waals surface area contributed by atoms with Crippen LogP contribution in [0.5, 0.6) is 0 Å². The third-order valence-corrected chi connectivity index (χ3v) is 3.62. The maximum absolute atomic E-state index is 10.4. The molecular weight excluding hydrogens is 185 g/mol. The second-order valence-electron chi connectivity index (χ2n) is 4.08. The van der Waals surface area contributed by atoms with Crippen molar-refractivity contribution >= 4 is 8.03 Å². The zero-order valence-corrected chi connectivity index (χ0v) is 9.04. The summed E-state index contributed by atoms with van der Waals surface area (Å²) < 4.78 is 10.4. The third-order valence-electron chi connectivity index (χ3n) is 2.83. The maximum atomic E-state index is 10.4. The molecule has 1 fully saturated rings. The van der Waals surface area contributed by atoms with Crippen LogP contribution in [0.25, 0.3) is 0 Å². The quantitative estimate of drug-likeness (QED) is 0.531. The Morgan fingerprint density at radius 3 is 2.69 bits per heavy atom. The summed E-state index contributed by atoms with van der Waals surface area (Å²) in [5, 5.41) is 0. The molecule has 0 spiro atoms. The molecule has 1 rings (SSSR count). The van der Waals surface area contributed by atoms with Gasteiger partial charge in [0.25, 0.3) is 0 Å². The van der Waals surface area contributed by atoms with Crippen molar-refractivity contribution in [1.82, 2.24) is 0 Å². The van der Waals surface area contributed by atoms with Crippen LogP contribution in [0.2, 0.25) is 0 Å². The van der Waals surface area contributed by atoms with Gasteiger partial charge in [0.1, 0.15) is 0 Å². The molecule has 1 saturated carbocycles. The predicted octanol–water partition coefficient (Wildman–Crippen LogP) is 1.75. The summed E-state index contributed by atoms with van der Waals surface area (Å²) in [5.41, 5.74) is 5.79. The Balaban J connectivity index is 1.97. The van der Waals surface area contributed by atoms with Gasteiger partial charge in [-0.1, -0.05) is 12.8 Å². The lowest BCUT2D eigenvalue weighted by atomic mass is 10.0. The van der Waals surface area contributed by atoms with Crippen molar-refractivity contribution in [2.24, 2.45) is 11.7 Å². The number of nitrogens with two attached hydrogens (primary N) is 1. The molecular formula is C9H20NO2P. The molecule has 0 heterocycles. The monoisotopic (exact) mass is 205 g/mol. The van der Waals surface area contributed by atoms with Crippen molar-refractivity contribution in [3.8, 4) is 0 Å². The number of hydrogen-bond acceptors (Lipinski definition) is 2. The van der Waals surface area contributed by atoms with Crippen LogP contribution in [-0.2, 0) is 4.57 Å².